The van der Waals surface area contributed by atoms with Crippen LogP contribution in [0.25, 0.3) is 10.6 Å². The van der Waals surface area contributed by atoms with Crippen LogP contribution >= 0.6 is 11.3 Å². The Morgan fingerprint density at radius 2 is 2.09 bits per heavy atom. The highest BCUT2D eigenvalue weighted by atomic mass is 32.1. The van der Waals surface area contributed by atoms with Crippen molar-refractivity contribution >= 4 is 17.3 Å². The van der Waals surface area contributed by atoms with Crippen molar-refractivity contribution in [3.05, 3.63) is 46.6 Å². The van der Waals surface area contributed by atoms with Crippen molar-refractivity contribution < 1.29 is 13.9 Å². The van der Waals surface area contributed by atoms with Crippen LogP contribution in [0.2, 0.25) is 0 Å². The average molecular weight is 317 g/mol. The van der Waals surface area contributed by atoms with Crippen molar-refractivity contribution in [2.75, 3.05) is 0 Å². The van der Waals surface area contributed by atoms with Gasteiger partial charge in [0.1, 0.15) is 22.2 Å². The van der Waals surface area contributed by atoms with Crippen molar-refractivity contribution in [2.24, 2.45) is 7.05 Å². The summed E-state index contributed by atoms with van der Waals surface area (Å²) in [4.78, 5) is 13.5. The molecule has 0 bridgehead atoms. The minimum absolute atomic E-state index is 0.100. The van der Waals surface area contributed by atoms with E-state index in [1.807, 2.05) is 39.1 Å². The first-order valence-electron chi connectivity index (χ1n) is 6.73. The van der Waals surface area contributed by atoms with Gasteiger partial charge in [-0.05, 0) is 38.1 Å². The topological polar surface area (TPSA) is 70.2 Å². The summed E-state index contributed by atoms with van der Waals surface area (Å²) in [5, 5.41) is 7.89. The molecule has 3 aromatic heterocycles. The standard InChI is InChI=1S/C15H15N3O3S/c1-9-4-5-11(21-9)12-6-7-13(22-12)15(19)20-8-14-17-16-10(2)18(14)3/h4-7H,8H2,1-3H3. The molecule has 0 aliphatic heterocycles. The molecule has 0 aromatic carbocycles. The lowest BCUT2D eigenvalue weighted by atomic mass is 10.3. The number of furan rings is 1. The van der Waals surface area contributed by atoms with Gasteiger partial charge in [0.15, 0.2) is 12.4 Å². The number of esters is 1. The van der Waals surface area contributed by atoms with E-state index in [0.717, 1.165) is 22.2 Å². The van der Waals surface area contributed by atoms with Gasteiger partial charge in [-0.1, -0.05) is 0 Å². The second kappa shape index (κ2) is 5.76. The number of hydrogen-bond acceptors (Lipinski definition) is 6. The summed E-state index contributed by atoms with van der Waals surface area (Å²) >= 11 is 1.34. The van der Waals surface area contributed by atoms with E-state index >= 15 is 0 Å². The van der Waals surface area contributed by atoms with Crippen molar-refractivity contribution in [1.82, 2.24) is 14.8 Å². The predicted octanol–water partition coefficient (Wildman–Crippen LogP) is 3.11. The third kappa shape index (κ3) is 2.80. The summed E-state index contributed by atoms with van der Waals surface area (Å²) in [5.41, 5.74) is 0. The molecule has 0 unspecified atom stereocenters. The number of carbonyl (C=O) groups excluding carboxylic acids is 1. The van der Waals surface area contributed by atoms with Gasteiger partial charge in [-0.3, -0.25) is 0 Å². The summed E-state index contributed by atoms with van der Waals surface area (Å²) in [5.74, 6) is 2.61. The number of nitrogens with zero attached hydrogens (tertiary/aromatic N) is 3. The fourth-order valence-electron chi connectivity index (χ4n) is 1.92. The van der Waals surface area contributed by atoms with Crippen LogP contribution in [0.3, 0.4) is 0 Å². The van der Waals surface area contributed by atoms with Crippen LogP contribution in [0.1, 0.15) is 27.1 Å². The average Bonchev–Trinajstić information content (AvgIpc) is 3.20. The summed E-state index contributed by atoms with van der Waals surface area (Å²) in [6, 6.07) is 7.37. The minimum atomic E-state index is -0.375. The molecule has 0 spiro atoms. The van der Waals surface area contributed by atoms with E-state index < -0.39 is 0 Å². The number of aryl methyl sites for hydroxylation is 2. The molecule has 0 fully saturated rings. The van der Waals surface area contributed by atoms with Crippen LogP contribution in [0, 0.1) is 13.8 Å². The molecular weight excluding hydrogens is 302 g/mol. The Hall–Kier alpha value is -2.41. The summed E-state index contributed by atoms with van der Waals surface area (Å²) in [6.07, 6.45) is 0. The maximum atomic E-state index is 12.1. The Bertz CT molecular complexity index is 816. The maximum absolute atomic E-state index is 12.1. The van der Waals surface area contributed by atoms with Crippen LogP contribution in [0.4, 0.5) is 0 Å². The van der Waals surface area contributed by atoms with E-state index in [-0.39, 0.29) is 12.6 Å². The molecular formula is C15H15N3O3S. The van der Waals surface area contributed by atoms with Gasteiger partial charge in [0.05, 0.1) is 4.88 Å². The molecule has 114 valence electrons. The fraction of sp³-hybridized carbons (Fsp3) is 0.267. The molecule has 0 atom stereocenters. The summed E-state index contributed by atoms with van der Waals surface area (Å²) < 4.78 is 12.6. The largest absolute Gasteiger partial charge is 0.461 e. The third-order valence-electron chi connectivity index (χ3n) is 3.31. The Morgan fingerprint density at radius 1 is 1.27 bits per heavy atom. The second-order valence-electron chi connectivity index (χ2n) is 4.87. The van der Waals surface area contributed by atoms with Gasteiger partial charge < -0.3 is 13.7 Å². The third-order valence-corrected chi connectivity index (χ3v) is 4.39. The molecule has 22 heavy (non-hydrogen) atoms. The number of carbonyl (C=O) groups is 1. The Kier molecular flexibility index (Phi) is 3.81. The van der Waals surface area contributed by atoms with Crippen molar-refractivity contribution in [2.45, 2.75) is 20.5 Å². The van der Waals surface area contributed by atoms with Crippen LogP contribution in [0.5, 0.6) is 0 Å². The maximum Gasteiger partial charge on any atom is 0.348 e. The zero-order valence-corrected chi connectivity index (χ0v) is 13.3. The van der Waals surface area contributed by atoms with Crippen LogP contribution in [-0.2, 0) is 18.4 Å². The molecule has 3 aromatic rings. The van der Waals surface area contributed by atoms with Crippen LogP contribution < -0.4 is 0 Å². The highest BCUT2D eigenvalue weighted by Crippen LogP contribution is 2.29. The predicted molar refractivity (Wildman–Crippen MR) is 81.6 cm³/mol. The summed E-state index contributed by atoms with van der Waals surface area (Å²) in [7, 11) is 1.83. The second-order valence-corrected chi connectivity index (χ2v) is 5.96. The molecule has 0 saturated carbocycles. The number of aromatic nitrogens is 3. The van der Waals surface area contributed by atoms with Gasteiger partial charge in [0.25, 0.3) is 0 Å². The van der Waals surface area contributed by atoms with E-state index in [1.165, 1.54) is 11.3 Å². The molecule has 0 radical (unpaired) electrons. The summed E-state index contributed by atoms with van der Waals surface area (Å²) in [6.45, 7) is 3.83. The molecule has 0 saturated heterocycles. The normalized spacial score (nSPS) is 10.9. The van der Waals surface area contributed by atoms with Gasteiger partial charge in [-0.15, -0.1) is 21.5 Å². The number of ether oxygens (including phenoxy) is 1. The highest BCUT2D eigenvalue weighted by Gasteiger charge is 2.15. The lowest BCUT2D eigenvalue weighted by Gasteiger charge is -2.03. The van der Waals surface area contributed by atoms with E-state index in [0.29, 0.717) is 10.7 Å². The molecule has 3 heterocycles. The van der Waals surface area contributed by atoms with E-state index in [4.69, 9.17) is 9.15 Å². The van der Waals surface area contributed by atoms with Gasteiger partial charge in [0, 0.05) is 7.05 Å². The minimum Gasteiger partial charge on any atom is -0.461 e. The lowest BCUT2D eigenvalue weighted by molar-refractivity contribution is 0.0464. The molecule has 0 aliphatic rings. The smallest absolute Gasteiger partial charge is 0.348 e. The molecule has 6 nitrogen and oxygen atoms in total. The Balaban J connectivity index is 1.68. The first-order chi connectivity index (χ1) is 10.5. The molecule has 0 amide bonds. The molecule has 7 heteroatoms. The van der Waals surface area contributed by atoms with E-state index in [1.54, 1.807) is 10.6 Å². The zero-order valence-electron chi connectivity index (χ0n) is 12.5. The fourth-order valence-corrected chi connectivity index (χ4v) is 2.79. The van der Waals surface area contributed by atoms with Crippen LogP contribution in [0.15, 0.2) is 28.7 Å². The van der Waals surface area contributed by atoms with Gasteiger partial charge in [0.2, 0.25) is 0 Å². The van der Waals surface area contributed by atoms with Crippen molar-refractivity contribution in [1.29, 1.82) is 0 Å². The quantitative estimate of drug-likeness (QED) is 0.691. The molecule has 3 rings (SSSR count). The number of thiophene rings is 1. The van der Waals surface area contributed by atoms with Gasteiger partial charge in [-0.2, -0.15) is 0 Å². The first-order valence-corrected chi connectivity index (χ1v) is 7.55. The van der Waals surface area contributed by atoms with Crippen molar-refractivity contribution in [3.8, 4) is 10.6 Å². The van der Waals surface area contributed by atoms with E-state index in [9.17, 15) is 4.79 Å². The lowest BCUT2D eigenvalue weighted by Crippen LogP contribution is -2.07. The number of rotatable bonds is 4. The van der Waals surface area contributed by atoms with Crippen molar-refractivity contribution in [3.63, 3.8) is 0 Å². The molecule has 0 aliphatic carbocycles. The Labute approximate surface area is 131 Å². The monoisotopic (exact) mass is 317 g/mol. The first kappa shape index (κ1) is 14.5. The molecule has 0 N–H and O–H groups in total. The SMILES string of the molecule is Cc1ccc(-c2ccc(C(=O)OCc3nnc(C)n3C)s2)o1. The highest BCUT2D eigenvalue weighted by molar-refractivity contribution is 7.17. The zero-order chi connectivity index (χ0) is 15.7. The van der Waals surface area contributed by atoms with Gasteiger partial charge in [-0.25, -0.2) is 4.79 Å². The van der Waals surface area contributed by atoms with Crippen LogP contribution in [-0.4, -0.2) is 20.7 Å². The van der Waals surface area contributed by atoms with E-state index in [2.05, 4.69) is 10.2 Å². The van der Waals surface area contributed by atoms with Gasteiger partial charge >= 0.3 is 5.97 Å². The number of hydrogen-bond donors (Lipinski definition) is 0. The Morgan fingerprint density at radius 3 is 2.73 bits per heavy atom.